The molecule has 1 saturated heterocycles. The smallest absolute Gasteiger partial charge is 0.247 e. The largest absolute Gasteiger partial charge is 0.376 e. The molecule has 1 heterocycles. The van der Waals surface area contributed by atoms with Crippen LogP contribution in [-0.2, 0) is 27.3 Å². The molecule has 0 aromatic heterocycles. The van der Waals surface area contributed by atoms with Crippen molar-refractivity contribution in [1.82, 2.24) is 10.2 Å². The number of hydrogen-bond donors (Lipinski definition) is 1. The van der Waals surface area contributed by atoms with E-state index in [4.69, 9.17) is 4.74 Å². The summed E-state index contributed by atoms with van der Waals surface area (Å²) in [5.41, 5.74) is 2.90. The lowest BCUT2D eigenvalue weighted by atomic mass is 10.0. The zero-order valence-corrected chi connectivity index (χ0v) is 19.4. The molecule has 2 atom stereocenters. The first-order chi connectivity index (χ1) is 16.7. The molecule has 0 radical (unpaired) electrons. The van der Waals surface area contributed by atoms with Crippen LogP contribution >= 0.6 is 0 Å². The number of benzene rings is 3. The van der Waals surface area contributed by atoms with Crippen LogP contribution in [0.1, 0.15) is 42.0 Å². The zero-order valence-electron chi connectivity index (χ0n) is 19.4. The molecule has 4 rings (SSSR count). The molecular formula is C29H32N2O3. The Kier molecular flexibility index (Phi) is 8.47. The third-order valence-corrected chi connectivity index (χ3v) is 6.19. The number of carbonyl (C=O) groups is 2. The highest BCUT2D eigenvalue weighted by atomic mass is 16.5. The van der Waals surface area contributed by atoms with Gasteiger partial charge in [-0.2, -0.15) is 0 Å². The third kappa shape index (κ3) is 6.55. The molecule has 0 spiro atoms. The van der Waals surface area contributed by atoms with Gasteiger partial charge in [0.15, 0.2) is 0 Å². The van der Waals surface area contributed by atoms with E-state index in [1.165, 1.54) is 0 Å². The Morgan fingerprint density at radius 1 is 0.882 bits per heavy atom. The number of nitrogens with one attached hydrogen (secondary N) is 1. The van der Waals surface area contributed by atoms with Crippen LogP contribution in [0.2, 0.25) is 0 Å². The van der Waals surface area contributed by atoms with Crippen LogP contribution < -0.4 is 5.32 Å². The number of aryl methyl sites for hydroxylation is 1. The first kappa shape index (κ1) is 23.7. The van der Waals surface area contributed by atoms with Crippen LogP contribution in [0, 0.1) is 0 Å². The molecule has 3 aromatic carbocycles. The standard InChI is InChI=1S/C29H32N2O3/c32-27(19-18-23-11-4-1-5-12-23)31(22-24-13-6-2-7-14-24)28(25-15-8-3-9-16-25)29(33)30-21-26-17-10-20-34-26/h1-9,11-16,26,28H,10,17-22H2,(H,30,33)/t26-,28-/m0/s1. The van der Waals surface area contributed by atoms with E-state index in [0.29, 0.717) is 25.9 Å². The van der Waals surface area contributed by atoms with Crippen LogP contribution in [0.5, 0.6) is 0 Å². The summed E-state index contributed by atoms with van der Waals surface area (Å²) < 4.78 is 5.68. The van der Waals surface area contributed by atoms with Crippen molar-refractivity contribution in [3.63, 3.8) is 0 Å². The van der Waals surface area contributed by atoms with Gasteiger partial charge in [0.2, 0.25) is 11.8 Å². The molecule has 1 N–H and O–H groups in total. The van der Waals surface area contributed by atoms with Crippen LogP contribution in [0.15, 0.2) is 91.0 Å². The highest BCUT2D eigenvalue weighted by molar-refractivity contribution is 5.88. The lowest BCUT2D eigenvalue weighted by Gasteiger charge is -2.32. The SMILES string of the molecule is O=C(NC[C@@H]1CCCO1)[C@H](c1ccccc1)N(Cc1ccccc1)C(=O)CCc1ccccc1. The quantitative estimate of drug-likeness (QED) is 0.482. The summed E-state index contributed by atoms with van der Waals surface area (Å²) in [4.78, 5) is 28.9. The maximum atomic E-state index is 13.6. The number of ether oxygens (including phenoxy) is 1. The van der Waals surface area contributed by atoms with Gasteiger partial charge in [-0.05, 0) is 36.0 Å². The Morgan fingerprint density at radius 3 is 2.12 bits per heavy atom. The van der Waals surface area contributed by atoms with Crippen LogP contribution in [0.3, 0.4) is 0 Å². The van der Waals surface area contributed by atoms with Gasteiger partial charge in [0.25, 0.3) is 0 Å². The second-order valence-corrected chi connectivity index (χ2v) is 8.69. The highest BCUT2D eigenvalue weighted by Crippen LogP contribution is 2.25. The van der Waals surface area contributed by atoms with Crippen molar-refractivity contribution in [2.75, 3.05) is 13.2 Å². The van der Waals surface area contributed by atoms with Crippen molar-refractivity contribution >= 4 is 11.8 Å². The van der Waals surface area contributed by atoms with Crippen molar-refractivity contribution in [3.05, 3.63) is 108 Å². The lowest BCUT2D eigenvalue weighted by molar-refractivity contribution is -0.141. The summed E-state index contributed by atoms with van der Waals surface area (Å²) in [6.07, 6.45) is 2.96. The maximum Gasteiger partial charge on any atom is 0.247 e. The Bertz CT molecular complexity index is 1030. The molecule has 0 saturated carbocycles. The minimum Gasteiger partial charge on any atom is -0.376 e. The van der Waals surface area contributed by atoms with Gasteiger partial charge in [-0.25, -0.2) is 0 Å². The van der Waals surface area contributed by atoms with E-state index in [2.05, 4.69) is 5.32 Å². The van der Waals surface area contributed by atoms with E-state index < -0.39 is 6.04 Å². The summed E-state index contributed by atoms with van der Waals surface area (Å²) in [5.74, 6) is -0.223. The topological polar surface area (TPSA) is 58.6 Å². The predicted molar refractivity (Wildman–Crippen MR) is 133 cm³/mol. The summed E-state index contributed by atoms with van der Waals surface area (Å²) in [6.45, 7) is 1.56. The average Bonchev–Trinajstić information content (AvgIpc) is 3.41. The summed E-state index contributed by atoms with van der Waals surface area (Å²) in [7, 11) is 0. The van der Waals surface area contributed by atoms with Crippen LogP contribution in [-0.4, -0.2) is 36.0 Å². The molecule has 1 aliphatic rings. The first-order valence-corrected chi connectivity index (χ1v) is 12.0. The van der Waals surface area contributed by atoms with Crippen LogP contribution in [0.25, 0.3) is 0 Å². The van der Waals surface area contributed by atoms with Gasteiger partial charge in [0.05, 0.1) is 6.10 Å². The number of amides is 2. The Labute approximate surface area is 201 Å². The van der Waals surface area contributed by atoms with E-state index in [1.54, 1.807) is 4.90 Å². The van der Waals surface area contributed by atoms with Gasteiger partial charge in [0.1, 0.15) is 6.04 Å². The number of hydrogen-bond acceptors (Lipinski definition) is 3. The van der Waals surface area contributed by atoms with Gasteiger partial charge in [-0.3, -0.25) is 9.59 Å². The first-order valence-electron chi connectivity index (χ1n) is 12.0. The predicted octanol–water partition coefficient (Wildman–Crippen LogP) is 4.68. The van der Waals surface area contributed by atoms with Gasteiger partial charge in [-0.1, -0.05) is 91.0 Å². The number of rotatable bonds is 10. The molecule has 1 fully saturated rings. The maximum absolute atomic E-state index is 13.6. The molecule has 5 heteroatoms. The molecule has 3 aromatic rings. The van der Waals surface area contributed by atoms with Gasteiger partial charge < -0.3 is 15.0 Å². The number of carbonyl (C=O) groups excluding carboxylic acids is 2. The fourth-order valence-corrected chi connectivity index (χ4v) is 4.37. The highest BCUT2D eigenvalue weighted by Gasteiger charge is 2.32. The van der Waals surface area contributed by atoms with E-state index in [0.717, 1.165) is 36.1 Å². The van der Waals surface area contributed by atoms with E-state index >= 15 is 0 Å². The van der Waals surface area contributed by atoms with Crippen LogP contribution in [0.4, 0.5) is 0 Å². The van der Waals surface area contributed by atoms with Crippen molar-refractivity contribution in [1.29, 1.82) is 0 Å². The second-order valence-electron chi connectivity index (χ2n) is 8.69. The van der Waals surface area contributed by atoms with Crippen molar-refractivity contribution in [2.24, 2.45) is 0 Å². The monoisotopic (exact) mass is 456 g/mol. The van der Waals surface area contributed by atoms with E-state index in [9.17, 15) is 9.59 Å². The van der Waals surface area contributed by atoms with Gasteiger partial charge in [0, 0.05) is 26.1 Å². The molecule has 2 amide bonds. The summed E-state index contributed by atoms with van der Waals surface area (Å²) in [5, 5.41) is 3.06. The molecule has 176 valence electrons. The molecule has 0 aliphatic carbocycles. The fraction of sp³-hybridized carbons (Fsp3) is 0.310. The molecule has 34 heavy (non-hydrogen) atoms. The van der Waals surface area contributed by atoms with Crippen molar-refractivity contribution in [2.45, 2.75) is 44.4 Å². The summed E-state index contributed by atoms with van der Waals surface area (Å²) in [6, 6.07) is 28.7. The van der Waals surface area contributed by atoms with E-state index in [1.807, 2.05) is 91.0 Å². The molecule has 0 unspecified atom stereocenters. The molecule has 5 nitrogen and oxygen atoms in total. The van der Waals surface area contributed by atoms with Gasteiger partial charge >= 0.3 is 0 Å². The molecular weight excluding hydrogens is 424 g/mol. The fourth-order valence-electron chi connectivity index (χ4n) is 4.37. The van der Waals surface area contributed by atoms with Gasteiger partial charge in [-0.15, -0.1) is 0 Å². The second kappa shape index (κ2) is 12.1. The molecule has 1 aliphatic heterocycles. The Balaban J connectivity index is 1.58. The minimum absolute atomic E-state index is 0.0386. The molecule has 0 bridgehead atoms. The van der Waals surface area contributed by atoms with Crippen molar-refractivity contribution in [3.8, 4) is 0 Å². The normalized spacial score (nSPS) is 16.1. The summed E-state index contributed by atoms with van der Waals surface area (Å²) >= 11 is 0. The Morgan fingerprint density at radius 2 is 1.50 bits per heavy atom. The average molecular weight is 457 g/mol. The zero-order chi connectivity index (χ0) is 23.6. The Hall–Kier alpha value is -3.44. The number of nitrogens with zero attached hydrogens (tertiary/aromatic N) is 1. The minimum atomic E-state index is -0.717. The lowest BCUT2D eigenvalue weighted by Crippen LogP contribution is -2.45. The van der Waals surface area contributed by atoms with Crippen molar-refractivity contribution < 1.29 is 14.3 Å². The van der Waals surface area contributed by atoms with E-state index in [-0.39, 0.29) is 17.9 Å². The third-order valence-electron chi connectivity index (χ3n) is 6.19.